The van der Waals surface area contributed by atoms with E-state index in [9.17, 15) is 9.59 Å². The average Bonchev–Trinajstić information content (AvgIpc) is 2.29. The van der Waals surface area contributed by atoms with Gasteiger partial charge in [-0.3, -0.25) is 9.59 Å². The lowest BCUT2D eigenvalue weighted by molar-refractivity contribution is -0.118. The van der Waals surface area contributed by atoms with Gasteiger partial charge in [-0.1, -0.05) is 0 Å². The van der Waals surface area contributed by atoms with Gasteiger partial charge in [0.15, 0.2) is 0 Å². The van der Waals surface area contributed by atoms with Crippen LogP contribution in [0.25, 0.3) is 0 Å². The van der Waals surface area contributed by atoms with E-state index in [1.807, 2.05) is 0 Å². The first kappa shape index (κ1) is 13.0. The maximum atomic E-state index is 11.6. The first-order valence-electron chi connectivity index (χ1n) is 5.45. The fourth-order valence-electron chi connectivity index (χ4n) is 1.34. The fraction of sp³-hybridized carbons (Fsp3) is 0.333. The van der Waals surface area contributed by atoms with Crippen LogP contribution in [-0.2, 0) is 4.79 Å². The van der Waals surface area contributed by atoms with Crippen molar-refractivity contribution in [2.75, 3.05) is 6.54 Å². The van der Waals surface area contributed by atoms with E-state index in [1.165, 1.54) is 12.1 Å². The Labute approximate surface area is 99.6 Å². The van der Waals surface area contributed by atoms with E-state index in [0.29, 0.717) is 31.4 Å². The van der Waals surface area contributed by atoms with Crippen LogP contribution in [0.1, 0.15) is 29.6 Å². The molecule has 1 rings (SSSR count). The molecular formula is C12H16N2O3. The molecule has 0 heterocycles. The molecule has 92 valence electrons. The molecule has 5 heteroatoms. The van der Waals surface area contributed by atoms with Crippen molar-refractivity contribution in [3.63, 3.8) is 0 Å². The summed E-state index contributed by atoms with van der Waals surface area (Å²) in [6, 6.07) is 6.02. The molecule has 4 N–H and O–H groups in total. The number of phenols is 1. The molecule has 0 saturated heterocycles. The molecule has 0 spiro atoms. The first-order chi connectivity index (χ1) is 8.09. The van der Waals surface area contributed by atoms with Gasteiger partial charge in [0.25, 0.3) is 5.91 Å². The molecule has 2 amide bonds. The number of primary amides is 1. The molecule has 0 unspecified atom stereocenters. The third kappa shape index (κ3) is 5.01. The summed E-state index contributed by atoms with van der Waals surface area (Å²) < 4.78 is 0. The molecule has 0 saturated carbocycles. The number of amides is 2. The SMILES string of the molecule is NC(=O)CCCCNC(=O)c1ccc(O)cc1. The van der Waals surface area contributed by atoms with E-state index in [-0.39, 0.29) is 17.6 Å². The number of rotatable bonds is 6. The van der Waals surface area contributed by atoms with Crippen molar-refractivity contribution in [3.05, 3.63) is 29.8 Å². The van der Waals surface area contributed by atoms with Crippen LogP contribution in [-0.4, -0.2) is 23.5 Å². The summed E-state index contributed by atoms with van der Waals surface area (Å²) in [4.78, 5) is 22.0. The minimum absolute atomic E-state index is 0.128. The number of hydrogen-bond donors (Lipinski definition) is 3. The number of phenolic OH excluding ortho intramolecular Hbond substituents is 1. The van der Waals surface area contributed by atoms with Crippen LogP contribution in [0.4, 0.5) is 0 Å². The molecule has 0 bridgehead atoms. The molecular weight excluding hydrogens is 220 g/mol. The molecule has 0 aliphatic carbocycles. The van der Waals surface area contributed by atoms with Crippen molar-refractivity contribution in [1.82, 2.24) is 5.32 Å². The normalized spacial score (nSPS) is 9.88. The lowest BCUT2D eigenvalue weighted by Crippen LogP contribution is -2.24. The summed E-state index contributed by atoms with van der Waals surface area (Å²) in [7, 11) is 0. The Bertz CT molecular complexity index is 387. The zero-order valence-electron chi connectivity index (χ0n) is 9.48. The Hall–Kier alpha value is -2.04. The number of unbranched alkanes of at least 4 members (excludes halogenated alkanes) is 1. The highest BCUT2D eigenvalue weighted by Crippen LogP contribution is 2.09. The average molecular weight is 236 g/mol. The Morgan fingerprint density at radius 2 is 1.82 bits per heavy atom. The lowest BCUT2D eigenvalue weighted by atomic mass is 10.2. The molecule has 5 nitrogen and oxygen atoms in total. The Kier molecular flexibility index (Phi) is 5.00. The molecule has 17 heavy (non-hydrogen) atoms. The van der Waals surface area contributed by atoms with Gasteiger partial charge in [0.05, 0.1) is 0 Å². The Morgan fingerprint density at radius 3 is 2.41 bits per heavy atom. The Morgan fingerprint density at radius 1 is 1.18 bits per heavy atom. The van der Waals surface area contributed by atoms with E-state index in [1.54, 1.807) is 12.1 Å². The molecule has 0 radical (unpaired) electrons. The van der Waals surface area contributed by atoms with Gasteiger partial charge in [0, 0.05) is 18.5 Å². The van der Waals surface area contributed by atoms with Gasteiger partial charge < -0.3 is 16.2 Å². The van der Waals surface area contributed by atoms with Crippen molar-refractivity contribution in [3.8, 4) is 5.75 Å². The van der Waals surface area contributed by atoms with Crippen LogP contribution >= 0.6 is 0 Å². The standard InChI is InChI=1S/C12H16N2O3/c13-11(16)3-1-2-8-14-12(17)9-4-6-10(15)7-5-9/h4-7,15H,1-3,8H2,(H2,13,16)(H,14,17). The maximum Gasteiger partial charge on any atom is 0.251 e. The van der Waals surface area contributed by atoms with Crippen molar-refractivity contribution in [2.24, 2.45) is 5.73 Å². The lowest BCUT2D eigenvalue weighted by Gasteiger charge is -2.04. The zero-order valence-corrected chi connectivity index (χ0v) is 9.48. The van der Waals surface area contributed by atoms with E-state index >= 15 is 0 Å². The van der Waals surface area contributed by atoms with Crippen molar-refractivity contribution in [1.29, 1.82) is 0 Å². The maximum absolute atomic E-state index is 11.6. The van der Waals surface area contributed by atoms with E-state index in [2.05, 4.69) is 5.32 Å². The monoisotopic (exact) mass is 236 g/mol. The first-order valence-corrected chi connectivity index (χ1v) is 5.45. The summed E-state index contributed by atoms with van der Waals surface area (Å²) >= 11 is 0. The van der Waals surface area contributed by atoms with Gasteiger partial charge in [-0.15, -0.1) is 0 Å². The molecule has 0 atom stereocenters. The molecule has 0 aliphatic rings. The second-order valence-electron chi connectivity index (χ2n) is 3.73. The second-order valence-corrected chi connectivity index (χ2v) is 3.73. The van der Waals surface area contributed by atoms with Crippen LogP contribution < -0.4 is 11.1 Å². The van der Waals surface area contributed by atoms with Crippen LogP contribution in [0, 0.1) is 0 Å². The molecule has 0 aromatic heterocycles. The number of benzene rings is 1. The summed E-state index contributed by atoms with van der Waals surface area (Å²) in [6.07, 6.45) is 1.73. The number of nitrogens with two attached hydrogens (primary N) is 1. The number of carbonyl (C=O) groups is 2. The largest absolute Gasteiger partial charge is 0.508 e. The highest BCUT2D eigenvalue weighted by atomic mass is 16.3. The van der Waals surface area contributed by atoms with Gasteiger partial charge in [-0.25, -0.2) is 0 Å². The number of nitrogens with one attached hydrogen (secondary N) is 1. The van der Waals surface area contributed by atoms with Crippen molar-refractivity contribution >= 4 is 11.8 Å². The van der Waals surface area contributed by atoms with Crippen LogP contribution in [0.2, 0.25) is 0 Å². The molecule has 1 aromatic rings. The third-order valence-electron chi connectivity index (χ3n) is 2.27. The predicted molar refractivity (Wildman–Crippen MR) is 63.5 cm³/mol. The zero-order chi connectivity index (χ0) is 12.7. The molecule has 1 aromatic carbocycles. The summed E-state index contributed by atoms with van der Waals surface area (Å²) in [5.74, 6) is -0.387. The number of carbonyl (C=O) groups excluding carboxylic acids is 2. The molecule has 0 fully saturated rings. The number of aromatic hydroxyl groups is 1. The quantitative estimate of drug-likeness (QED) is 0.637. The summed E-state index contributed by atoms with van der Waals surface area (Å²) in [6.45, 7) is 0.507. The minimum Gasteiger partial charge on any atom is -0.508 e. The van der Waals surface area contributed by atoms with E-state index in [4.69, 9.17) is 10.8 Å². The van der Waals surface area contributed by atoms with Crippen LogP contribution in [0.3, 0.4) is 0 Å². The highest BCUT2D eigenvalue weighted by Gasteiger charge is 2.04. The Balaban J connectivity index is 2.25. The summed E-state index contributed by atoms with van der Waals surface area (Å²) in [5.41, 5.74) is 5.49. The van der Waals surface area contributed by atoms with Crippen molar-refractivity contribution in [2.45, 2.75) is 19.3 Å². The topological polar surface area (TPSA) is 92.4 Å². The second kappa shape index (κ2) is 6.52. The van der Waals surface area contributed by atoms with Crippen molar-refractivity contribution < 1.29 is 14.7 Å². The number of hydrogen-bond acceptors (Lipinski definition) is 3. The van der Waals surface area contributed by atoms with Gasteiger partial charge in [-0.2, -0.15) is 0 Å². The predicted octanol–water partition coefficient (Wildman–Crippen LogP) is 0.778. The third-order valence-corrected chi connectivity index (χ3v) is 2.27. The smallest absolute Gasteiger partial charge is 0.251 e. The fourth-order valence-corrected chi connectivity index (χ4v) is 1.34. The van der Waals surface area contributed by atoms with Gasteiger partial charge in [0.1, 0.15) is 5.75 Å². The minimum atomic E-state index is -0.324. The van der Waals surface area contributed by atoms with Gasteiger partial charge >= 0.3 is 0 Å². The van der Waals surface area contributed by atoms with Gasteiger partial charge in [0.2, 0.25) is 5.91 Å². The van der Waals surface area contributed by atoms with E-state index in [0.717, 1.165) is 0 Å². The van der Waals surface area contributed by atoms with E-state index < -0.39 is 0 Å². The van der Waals surface area contributed by atoms with Crippen LogP contribution in [0.5, 0.6) is 5.75 Å². The molecule has 0 aliphatic heterocycles. The highest BCUT2D eigenvalue weighted by molar-refractivity contribution is 5.94. The summed E-state index contributed by atoms with van der Waals surface area (Å²) in [5, 5.41) is 11.8. The van der Waals surface area contributed by atoms with Crippen LogP contribution in [0.15, 0.2) is 24.3 Å². The van der Waals surface area contributed by atoms with Gasteiger partial charge in [-0.05, 0) is 37.1 Å².